The molecule has 0 radical (unpaired) electrons. The van der Waals surface area contributed by atoms with E-state index in [-0.39, 0.29) is 42.3 Å². The summed E-state index contributed by atoms with van der Waals surface area (Å²) in [5, 5.41) is 14.5. The van der Waals surface area contributed by atoms with Gasteiger partial charge in [-0.3, -0.25) is 9.59 Å². The molecular formula is C12H19N3O4. The van der Waals surface area contributed by atoms with E-state index in [1.54, 1.807) is 14.0 Å². The van der Waals surface area contributed by atoms with Crippen molar-refractivity contribution in [3.05, 3.63) is 0 Å². The van der Waals surface area contributed by atoms with E-state index in [9.17, 15) is 14.4 Å². The van der Waals surface area contributed by atoms with Gasteiger partial charge in [0.2, 0.25) is 11.8 Å². The molecule has 0 spiro atoms. The molecule has 2 aliphatic rings. The highest BCUT2D eigenvalue weighted by Crippen LogP contribution is 2.47. The molecule has 1 unspecified atom stereocenters. The minimum absolute atomic E-state index is 0.0570. The van der Waals surface area contributed by atoms with Crippen molar-refractivity contribution in [2.75, 3.05) is 13.6 Å². The number of carboxylic acids is 1. The van der Waals surface area contributed by atoms with Crippen LogP contribution in [0, 0.1) is 11.8 Å². The van der Waals surface area contributed by atoms with Crippen molar-refractivity contribution in [2.24, 2.45) is 11.8 Å². The maximum atomic E-state index is 12.0. The van der Waals surface area contributed by atoms with Crippen LogP contribution in [0.4, 0.5) is 0 Å². The van der Waals surface area contributed by atoms with E-state index >= 15 is 0 Å². The lowest BCUT2D eigenvalue weighted by molar-refractivity contribution is -0.206. The fourth-order valence-corrected chi connectivity index (χ4v) is 3.21. The normalized spacial score (nSPS) is 33.8. The standard InChI is InChI=1S/C12H19N3O4/c1-5-9-8(6(2)14-7(16)4-13-3)11(17)15(9)10(5)12(18)19/h5-6,8-10,13H,4H2,1-3H3,(H,14,16)(H,18,19)/t5-,6-,8-,9-,10?/m1/s1. The molecule has 5 atom stereocenters. The molecule has 7 nitrogen and oxygen atoms in total. The Morgan fingerprint density at radius 3 is 2.63 bits per heavy atom. The molecule has 2 fully saturated rings. The number of fused-ring (bicyclic) bond motifs is 1. The zero-order valence-corrected chi connectivity index (χ0v) is 11.2. The summed E-state index contributed by atoms with van der Waals surface area (Å²) in [7, 11) is 1.67. The first kappa shape index (κ1) is 13.8. The zero-order chi connectivity index (χ0) is 14.3. The third-order valence-corrected chi connectivity index (χ3v) is 4.08. The second-order valence-electron chi connectivity index (χ2n) is 5.29. The summed E-state index contributed by atoms with van der Waals surface area (Å²) in [6.07, 6.45) is 0. The number of hydrogen-bond donors (Lipinski definition) is 3. The molecule has 3 N–H and O–H groups in total. The predicted octanol–water partition coefficient (Wildman–Crippen LogP) is -1.36. The molecule has 0 saturated carbocycles. The second kappa shape index (κ2) is 4.80. The van der Waals surface area contributed by atoms with E-state index in [2.05, 4.69) is 10.6 Å². The smallest absolute Gasteiger partial charge is 0.326 e. The fourth-order valence-electron chi connectivity index (χ4n) is 3.21. The van der Waals surface area contributed by atoms with Gasteiger partial charge in [0.05, 0.1) is 18.5 Å². The number of carbonyl (C=O) groups is 3. The average molecular weight is 269 g/mol. The second-order valence-corrected chi connectivity index (χ2v) is 5.29. The van der Waals surface area contributed by atoms with Gasteiger partial charge in [0.25, 0.3) is 0 Å². The first-order valence-corrected chi connectivity index (χ1v) is 6.39. The van der Waals surface area contributed by atoms with Crippen LogP contribution in [0.25, 0.3) is 0 Å². The van der Waals surface area contributed by atoms with Crippen LogP contribution in [0.3, 0.4) is 0 Å². The summed E-state index contributed by atoms with van der Waals surface area (Å²) in [4.78, 5) is 35.8. The summed E-state index contributed by atoms with van der Waals surface area (Å²) in [6, 6.07) is -1.03. The third kappa shape index (κ3) is 1.98. The molecule has 2 rings (SSSR count). The van der Waals surface area contributed by atoms with Crippen molar-refractivity contribution in [1.29, 1.82) is 0 Å². The number of piperidine rings is 1. The number of β-lactam (4-membered cyclic amide) rings is 1. The van der Waals surface area contributed by atoms with E-state index in [0.717, 1.165) is 0 Å². The van der Waals surface area contributed by atoms with Gasteiger partial charge in [0.1, 0.15) is 6.04 Å². The van der Waals surface area contributed by atoms with Gasteiger partial charge in [-0.15, -0.1) is 0 Å². The number of hydrogen-bond acceptors (Lipinski definition) is 4. The van der Waals surface area contributed by atoms with Crippen LogP contribution in [0.5, 0.6) is 0 Å². The van der Waals surface area contributed by atoms with E-state index in [1.165, 1.54) is 4.90 Å². The van der Waals surface area contributed by atoms with Gasteiger partial charge < -0.3 is 20.6 Å². The number of aliphatic carboxylic acids is 1. The fraction of sp³-hybridized carbons (Fsp3) is 0.750. The zero-order valence-electron chi connectivity index (χ0n) is 11.2. The van der Waals surface area contributed by atoms with Crippen LogP contribution in [-0.2, 0) is 14.4 Å². The van der Waals surface area contributed by atoms with Crippen LogP contribution >= 0.6 is 0 Å². The van der Waals surface area contributed by atoms with Crippen molar-refractivity contribution in [1.82, 2.24) is 15.5 Å². The molecule has 2 aliphatic heterocycles. The molecule has 0 aliphatic carbocycles. The number of likely N-dealkylation sites (N-methyl/N-ethyl adjacent to an activating group) is 1. The van der Waals surface area contributed by atoms with E-state index in [4.69, 9.17) is 5.11 Å². The number of carbonyl (C=O) groups excluding carboxylic acids is 2. The monoisotopic (exact) mass is 269 g/mol. The van der Waals surface area contributed by atoms with E-state index in [0.29, 0.717) is 0 Å². The summed E-state index contributed by atoms with van der Waals surface area (Å²) >= 11 is 0. The highest BCUT2D eigenvalue weighted by atomic mass is 16.4. The largest absolute Gasteiger partial charge is 0.480 e. The quantitative estimate of drug-likeness (QED) is 0.535. The van der Waals surface area contributed by atoms with Gasteiger partial charge in [0.15, 0.2) is 0 Å². The van der Waals surface area contributed by atoms with Crippen LogP contribution in [0.2, 0.25) is 0 Å². The highest BCUT2D eigenvalue weighted by molar-refractivity contribution is 5.95. The van der Waals surface area contributed by atoms with E-state index in [1.807, 2.05) is 6.92 Å². The SMILES string of the molecule is CNCC(=O)N[C@H](C)[C@H]1C(=O)N2C(C(=O)O)[C@H](C)[C@H]12. The first-order chi connectivity index (χ1) is 8.90. The van der Waals surface area contributed by atoms with Crippen molar-refractivity contribution in [3.8, 4) is 0 Å². The third-order valence-electron chi connectivity index (χ3n) is 4.08. The molecule has 7 heteroatoms. The van der Waals surface area contributed by atoms with Crippen LogP contribution in [0.15, 0.2) is 0 Å². The van der Waals surface area contributed by atoms with Gasteiger partial charge >= 0.3 is 5.97 Å². The molecule has 0 aromatic heterocycles. The Kier molecular flexibility index (Phi) is 3.49. The number of rotatable bonds is 5. The molecule has 19 heavy (non-hydrogen) atoms. The lowest BCUT2D eigenvalue weighted by atomic mass is 9.64. The van der Waals surface area contributed by atoms with Gasteiger partial charge in [-0.2, -0.15) is 0 Å². The molecule has 0 aromatic rings. The topological polar surface area (TPSA) is 98.7 Å². The Balaban J connectivity index is 1.96. The number of nitrogens with one attached hydrogen (secondary N) is 2. The lowest BCUT2D eigenvalue weighted by Crippen LogP contribution is -2.82. The summed E-state index contributed by atoms with van der Waals surface area (Å²) in [5.74, 6) is -1.66. The van der Waals surface area contributed by atoms with Gasteiger partial charge in [0, 0.05) is 12.0 Å². The Labute approximate surface area is 111 Å². The molecule has 106 valence electrons. The molecule has 2 heterocycles. The van der Waals surface area contributed by atoms with E-state index < -0.39 is 12.0 Å². The predicted molar refractivity (Wildman–Crippen MR) is 66.2 cm³/mol. The van der Waals surface area contributed by atoms with Crippen molar-refractivity contribution in [2.45, 2.75) is 32.0 Å². The molecular weight excluding hydrogens is 250 g/mol. The Bertz CT molecular complexity index is 425. The van der Waals surface area contributed by atoms with Crippen LogP contribution in [0.1, 0.15) is 13.8 Å². The lowest BCUT2D eigenvalue weighted by Gasteiger charge is -2.64. The molecule has 2 saturated heterocycles. The minimum atomic E-state index is -0.956. The van der Waals surface area contributed by atoms with Crippen LogP contribution in [-0.4, -0.2) is 59.5 Å². The Hall–Kier alpha value is -1.63. The van der Waals surface area contributed by atoms with Gasteiger partial charge in [-0.1, -0.05) is 6.92 Å². The van der Waals surface area contributed by atoms with Crippen molar-refractivity contribution in [3.63, 3.8) is 0 Å². The maximum absolute atomic E-state index is 12.0. The summed E-state index contributed by atoms with van der Waals surface area (Å²) in [6.45, 7) is 3.82. The van der Waals surface area contributed by atoms with Gasteiger partial charge in [-0.25, -0.2) is 4.79 Å². The first-order valence-electron chi connectivity index (χ1n) is 6.39. The number of carboxylic acid groups (broad SMARTS) is 1. The summed E-state index contributed by atoms with van der Waals surface area (Å²) < 4.78 is 0. The molecule has 0 bridgehead atoms. The van der Waals surface area contributed by atoms with Crippen molar-refractivity contribution >= 4 is 17.8 Å². The molecule has 0 aromatic carbocycles. The minimum Gasteiger partial charge on any atom is -0.480 e. The molecule has 2 amide bonds. The average Bonchev–Trinajstić information content (AvgIpc) is 2.30. The Morgan fingerprint density at radius 2 is 2.11 bits per heavy atom. The van der Waals surface area contributed by atoms with Crippen LogP contribution < -0.4 is 10.6 Å². The highest BCUT2D eigenvalue weighted by Gasteiger charge is 2.66. The van der Waals surface area contributed by atoms with Crippen molar-refractivity contribution < 1.29 is 19.5 Å². The summed E-state index contributed by atoms with van der Waals surface area (Å²) in [5.41, 5.74) is 0. The number of amides is 2. The maximum Gasteiger partial charge on any atom is 0.326 e. The Morgan fingerprint density at radius 1 is 1.47 bits per heavy atom. The number of nitrogens with zero attached hydrogens (tertiary/aromatic N) is 1. The van der Waals surface area contributed by atoms with Gasteiger partial charge in [-0.05, 0) is 14.0 Å².